The lowest BCUT2D eigenvalue weighted by atomic mass is 10.3. The van der Waals surface area contributed by atoms with Crippen LogP contribution in [0, 0.1) is 0 Å². The summed E-state index contributed by atoms with van der Waals surface area (Å²) in [6.07, 6.45) is 2.77. The van der Waals surface area contributed by atoms with Gasteiger partial charge in [-0.05, 0) is 28.1 Å². The van der Waals surface area contributed by atoms with Crippen molar-refractivity contribution in [2.45, 2.75) is 0 Å². The summed E-state index contributed by atoms with van der Waals surface area (Å²) in [5.74, 6) is -0.416. The zero-order chi connectivity index (χ0) is 11.3. The number of benzene rings is 1. The fourth-order valence-electron chi connectivity index (χ4n) is 0.883. The molecular weight excluding hydrogens is 281 g/mol. The van der Waals surface area contributed by atoms with Crippen molar-refractivity contribution in [1.29, 1.82) is 0 Å². The number of hydrogen-bond acceptors (Lipinski definition) is 3. The van der Waals surface area contributed by atoms with Crippen molar-refractivity contribution in [3.8, 4) is 0 Å². The number of halogens is 2. The van der Waals surface area contributed by atoms with E-state index in [1.165, 1.54) is 19.4 Å². The van der Waals surface area contributed by atoms with Crippen molar-refractivity contribution in [1.82, 2.24) is 0 Å². The van der Waals surface area contributed by atoms with E-state index in [0.717, 1.165) is 10.2 Å². The van der Waals surface area contributed by atoms with Crippen LogP contribution in [0.25, 0.3) is 0 Å². The van der Waals surface area contributed by atoms with Crippen LogP contribution in [-0.4, -0.2) is 13.1 Å². The summed E-state index contributed by atoms with van der Waals surface area (Å²) in [6, 6.07) is 5.40. The molecule has 0 aliphatic rings. The van der Waals surface area contributed by atoms with Crippen LogP contribution in [-0.2, 0) is 9.53 Å². The zero-order valence-electron chi connectivity index (χ0n) is 7.96. The molecule has 0 bridgehead atoms. The fraction of sp³-hybridized carbons (Fsp3) is 0.100. The summed E-state index contributed by atoms with van der Waals surface area (Å²) < 4.78 is 5.19. The molecule has 1 aromatic rings. The van der Waals surface area contributed by atoms with Gasteiger partial charge in [-0.3, -0.25) is 0 Å². The fourth-order valence-corrected chi connectivity index (χ4v) is 1.44. The van der Waals surface area contributed by atoms with Crippen molar-refractivity contribution < 1.29 is 9.53 Å². The maximum absolute atomic E-state index is 10.8. The van der Waals surface area contributed by atoms with Crippen LogP contribution < -0.4 is 5.32 Å². The Labute approximate surface area is 101 Å². The van der Waals surface area contributed by atoms with Crippen LogP contribution in [0.2, 0.25) is 5.02 Å². The number of carbonyl (C=O) groups is 1. The summed E-state index contributed by atoms with van der Waals surface area (Å²) >= 11 is 9.20. The lowest BCUT2D eigenvalue weighted by Gasteiger charge is -2.04. The Morgan fingerprint density at radius 2 is 2.33 bits per heavy atom. The Bertz CT molecular complexity index is 393. The second-order valence-corrected chi connectivity index (χ2v) is 3.80. The Morgan fingerprint density at radius 1 is 1.60 bits per heavy atom. The van der Waals surface area contributed by atoms with E-state index in [9.17, 15) is 4.79 Å². The SMILES string of the molecule is COC(=O)/C=C/Nc1cccc(Cl)c1Br. The minimum Gasteiger partial charge on any atom is -0.466 e. The molecule has 0 saturated heterocycles. The highest BCUT2D eigenvalue weighted by Crippen LogP contribution is 2.29. The molecule has 0 unspecified atom stereocenters. The standard InChI is InChI=1S/C10H9BrClNO2/c1-15-9(14)5-6-13-8-4-2-3-7(12)10(8)11/h2-6,13H,1H3/b6-5+. The van der Waals surface area contributed by atoms with Gasteiger partial charge in [-0.15, -0.1) is 0 Å². The van der Waals surface area contributed by atoms with Crippen molar-refractivity contribution in [2.75, 3.05) is 12.4 Å². The molecule has 0 spiro atoms. The van der Waals surface area contributed by atoms with Crippen LogP contribution in [0.15, 0.2) is 34.9 Å². The Morgan fingerprint density at radius 3 is 3.00 bits per heavy atom. The highest BCUT2D eigenvalue weighted by atomic mass is 79.9. The molecule has 0 radical (unpaired) electrons. The van der Waals surface area contributed by atoms with Crippen molar-refractivity contribution in [3.05, 3.63) is 40.0 Å². The third-order valence-electron chi connectivity index (χ3n) is 1.61. The van der Waals surface area contributed by atoms with Crippen LogP contribution in [0.1, 0.15) is 0 Å². The van der Waals surface area contributed by atoms with E-state index in [4.69, 9.17) is 11.6 Å². The molecule has 0 fully saturated rings. The van der Waals surface area contributed by atoms with E-state index in [0.29, 0.717) is 5.02 Å². The predicted octanol–water partition coefficient (Wildman–Crippen LogP) is 3.20. The lowest BCUT2D eigenvalue weighted by molar-refractivity contribution is -0.134. The predicted molar refractivity (Wildman–Crippen MR) is 63.9 cm³/mol. The molecule has 0 aromatic heterocycles. The van der Waals surface area contributed by atoms with Gasteiger partial charge in [-0.2, -0.15) is 0 Å². The van der Waals surface area contributed by atoms with Crippen LogP contribution in [0.5, 0.6) is 0 Å². The summed E-state index contributed by atoms with van der Waals surface area (Å²) in [5.41, 5.74) is 0.780. The summed E-state index contributed by atoms with van der Waals surface area (Å²) in [7, 11) is 1.32. The number of anilines is 1. The Kier molecular flexibility index (Phi) is 4.65. The number of carbonyl (C=O) groups excluding carboxylic acids is 1. The van der Waals surface area contributed by atoms with Gasteiger partial charge in [0.2, 0.25) is 0 Å². The molecule has 0 heterocycles. The first-order valence-corrected chi connectivity index (χ1v) is 5.27. The lowest BCUT2D eigenvalue weighted by Crippen LogP contribution is -1.96. The van der Waals surface area contributed by atoms with E-state index in [1.54, 1.807) is 12.1 Å². The van der Waals surface area contributed by atoms with E-state index in [1.807, 2.05) is 6.07 Å². The smallest absolute Gasteiger partial charge is 0.331 e. The molecule has 0 amide bonds. The molecule has 80 valence electrons. The first kappa shape index (κ1) is 12.1. The molecule has 0 saturated carbocycles. The number of esters is 1. The first-order valence-electron chi connectivity index (χ1n) is 4.10. The maximum atomic E-state index is 10.8. The third kappa shape index (κ3) is 3.57. The van der Waals surface area contributed by atoms with Gasteiger partial charge in [0.05, 0.1) is 22.3 Å². The monoisotopic (exact) mass is 289 g/mol. The van der Waals surface area contributed by atoms with E-state index < -0.39 is 5.97 Å². The second kappa shape index (κ2) is 5.78. The minimum absolute atomic E-state index is 0.416. The highest BCUT2D eigenvalue weighted by Gasteiger charge is 2.01. The topological polar surface area (TPSA) is 38.3 Å². The highest BCUT2D eigenvalue weighted by molar-refractivity contribution is 9.10. The molecule has 5 heteroatoms. The van der Waals surface area contributed by atoms with Gasteiger partial charge in [0.15, 0.2) is 0 Å². The van der Waals surface area contributed by atoms with Gasteiger partial charge < -0.3 is 10.1 Å². The van der Waals surface area contributed by atoms with Crippen LogP contribution >= 0.6 is 27.5 Å². The normalized spacial score (nSPS) is 10.3. The zero-order valence-corrected chi connectivity index (χ0v) is 10.3. The van der Waals surface area contributed by atoms with E-state index in [2.05, 4.69) is 26.0 Å². The average molecular weight is 291 g/mol. The van der Waals surface area contributed by atoms with Gasteiger partial charge in [-0.1, -0.05) is 17.7 Å². The molecule has 1 rings (SSSR count). The summed E-state index contributed by atoms with van der Waals surface area (Å²) in [6.45, 7) is 0. The number of nitrogens with one attached hydrogen (secondary N) is 1. The maximum Gasteiger partial charge on any atom is 0.331 e. The number of hydrogen-bond donors (Lipinski definition) is 1. The van der Waals surface area contributed by atoms with Gasteiger partial charge in [0.25, 0.3) is 0 Å². The van der Waals surface area contributed by atoms with E-state index >= 15 is 0 Å². The minimum atomic E-state index is -0.416. The van der Waals surface area contributed by atoms with Crippen LogP contribution in [0.3, 0.4) is 0 Å². The molecule has 1 aromatic carbocycles. The Balaban J connectivity index is 2.70. The van der Waals surface area contributed by atoms with Crippen molar-refractivity contribution in [3.63, 3.8) is 0 Å². The number of methoxy groups -OCH3 is 1. The molecule has 0 aliphatic heterocycles. The summed E-state index contributed by atoms with van der Waals surface area (Å²) in [5, 5.41) is 3.51. The molecule has 1 N–H and O–H groups in total. The van der Waals surface area contributed by atoms with E-state index in [-0.39, 0.29) is 0 Å². The van der Waals surface area contributed by atoms with Crippen molar-refractivity contribution in [2.24, 2.45) is 0 Å². The molecule has 3 nitrogen and oxygen atoms in total. The second-order valence-electron chi connectivity index (χ2n) is 2.60. The molecule has 0 aliphatic carbocycles. The van der Waals surface area contributed by atoms with Crippen LogP contribution in [0.4, 0.5) is 5.69 Å². The number of ether oxygens (including phenoxy) is 1. The van der Waals surface area contributed by atoms with Gasteiger partial charge >= 0.3 is 5.97 Å². The van der Waals surface area contributed by atoms with Gasteiger partial charge in [0, 0.05) is 12.3 Å². The first-order chi connectivity index (χ1) is 7.15. The largest absolute Gasteiger partial charge is 0.466 e. The quantitative estimate of drug-likeness (QED) is 0.686. The van der Waals surface area contributed by atoms with Gasteiger partial charge in [-0.25, -0.2) is 4.79 Å². The van der Waals surface area contributed by atoms with Crippen molar-refractivity contribution >= 4 is 39.2 Å². The Hall–Kier alpha value is -1.000. The summed E-state index contributed by atoms with van der Waals surface area (Å²) in [4.78, 5) is 10.8. The third-order valence-corrected chi connectivity index (χ3v) is 3.01. The molecular formula is C10H9BrClNO2. The molecule has 15 heavy (non-hydrogen) atoms. The molecule has 0 atom stereocenters. The average Bonchev–Trinajstić information content (AvgIpc) is 2.24. The van der Waals surface area contributed by atoms with Gasteiger partial charge in [0.1, 0.15) is 0 Å². The number of rotatable bonds is 3.